The van der Waals surface area contributed by atoms with E-state index in [-0.39, 0.29) is 72.0 Å². The van der Waals surface area contributed by atoms with Crippen LogP contribution in [0.15, 0.2) is 84.9 Å². The zero-order chi connectivity index (χ0) is 39.9. The smallest absolute Gasteiger partial charge is 1.00 e. The molecule has 0 bridgehead atoms. The molecule has 1 saturated heterocycles. The summed E-state index contributed by atoms with van der Waals surface area (Å²) in [5.41, 5.74) is 1.33. The van der Waals surface area contributed by atoms with Crippen molar-refractivity contribution in [2.24, 2.45) is 0 Å². The minimum Gasteiger partial charge on any atom is -1.00 e. The number of aliphatic carboxylic acids is 4. The molecule has 1 aliphatic heterocycles. The summed E-state index contributed by atoms with van der Waals surface area (Å²) in [6.07, 6.45) is 1.97. The van der Waals surface area contributed by atoms with Crippen LogP contribution < -0.4 is 0 Å². The molecule has 3 aromatic carbocycles. The molecule has 1 fully saturated rings. The van der Waals surface area contributed by atoms with E-state index in [1.165, 1.54) is 0 Å². The van der Waals surface area contributed by atoms with Crippen molar-refractivity contribution in [1.29, 1.82) is 0 Å². The number of hydrogen-bond acceptors (Lipinski definition) is 9. The molecular weight excluding hydrogens is 795 g/mol. The zero-order valence-corrected chi connectivity index (χ0v) is 35.4. The molecule has 0 atom stereocenters. The number of aliphatic hydroxyl groups is 1. The third-order valence-electron chi connectivity index (χ3n) is 9.34. The quantitative estimate of drug-likeness (QED) is 0.117. The van der Waals surface area contributed by atoms with Gasteiger partial charge in [-0.15, -0.1) is 12.4 Å². The molecule has 1 amide bonds. The van der Waals surface area contributed by atoms with Crippen LogP contribution in [0.1, 0.15) is 38.8 Å². The van der Waals surface area contributed by atoms with E-state index in [0.29, 0.717) is 24.3 Å². The first-order valence-corrected chi connectivity index (χ1v) is 17.8. The van der Waals surface area contributed by atoms with Crippen molar-refractivity contribution < 1.29 is 52.4 Å². The summed E-state index contributed by atoms with van der Waals surface area (Å²) in [5.74, 6) is -4.83. The molecule has 17 heteroatoms. The minimum atomic E-state index is -1.23. The summed E-state index contributed by atoms with van der Waals surface area (Å²) in [5, 5.41) is 46.4. The number of likely N-dealkylation sites (tertiary alicyclic amines) is 1. The van der Waals surface area contributed by atoms with Crippen LogP contribution in [0.2, 0.25) is 5.02 Å². The Morgan fingerprint density at radius 2 is 1.07 bits per heavy atom. The van der Waals surface area contributed by atoms with E-state index in [4.69, 9.17) is 32.0 Å². The van der Waals surface area contributed by atoms with Crippen molar-refractivity contribution in [3.05, 3.63) is 107 Å². The molecule has 1 aliphatic rings. The predicted molar refractivity (Wildman–Crippen MR) is 217 cm³/mol. The van der Waals surface area contributed by atoms with Gasteiger partial charge in [0.05, 0.1) is 31.8 Å². The molecule has 5 N–H and O–H groups in total. The van der Waals surface area contributed by atoms with E-state index in [0.717, 1.165) is 46.1 Å². The average molecular weight is 848 g/mol. The van der Waals surface area contributed by atoms with Gasteiger partial charge in [0.2, 0.25) is 5.91 Å². The maximum Gasteiger partial charge on any atom is 2.00 e. The second-order valence-corrected chi connectivity index (χ2v) is 13.9. The van der Waals surface area contributed by atoms with Crippen LogP contribution in [0, 0.1) is 0 Å². The van der Waals surface area contributed by atoms with E-state index in [1.807, 2.05) is 74.8 Å². The van der Waals surface area contributed by atoms with Crippen molar-refractivity contribution >= 4 is 91.5 Å². The Morgan fingerprint density at radius 1 is 0.696 bits per heavy atom. The van der Waals surface area contributed by atoms with Crippen LogP contribution in [0.5, 0.6) is 0 Å². The summed E-state index contributed by atoms with van der Waals surface area (Å²) in [4.78, 5) is 62.2. The molecule has 1 heterocycles. The van der Waals surface area contributed by atoms with Gasteiger partial charge in [-0.2, -0.15) is 0 Å². The molecule has 4 rings (SSSR count). The largest absolute Gasteiger partial charge is 2.00 e. The van der Waals surface area contributed by atoms with E-state index in [2.05, 4.69) is 29.2 Å². The maximum atomic E-state index is 13.8. The number of carbonyl (C=O) groups is 5. The summed E-state index contributed by atoms with van der Waals surface area (Å²) in [6.45, 7) is 0.0589. The molecule has 0 radical (unpaired) electrons. The second-order valence-electron chi connectivity index (χ2n) is 13.5. The first-order valence-electron chi connectivity index (χ1n) is 17.4. The molecule has 3 aromatic rings. The summed E-state index contributed by atoms with van der Waals surface area (Å²) in [6, 6.07) is 27.7. The van der Waals surface area contributed by atoms with Crippen molar-refractivity contribution in [2.45, 2.75) is 30.3 Å². The van der Waals surface area contributed by atoms with Gasteiger partial charge in [-0.25, -0.2) is 0 Å². The van der Waals surface area contributed by atoms with Crippen LogP contribution in [0.25, 0.3) is 0 Å². The van der Waals surface area contributed by atoms with Gasteiger partial charge in [0.1, 0.15) is 5.41 Å². The Labute approximate surface area is 371 Å². The van der Waals surface area contributed by atoms with Crippen LogP contribution in [0.3, 0.4) is 0 Å². The number of halogens is 2. The van der Waals surface area contributed by atoms with Gasteiger partial charge in [-0.3, -0.25) is 33.8 Å². The number of carboxylic acid groups (broad SMARTS) is 4. The van der Waals surface area contributed by atoms with E-state index in [9.17, 15) is 29.1 Å². The van der Waals surface area contributed by atoms with E-state index in [1.54, 1.807) is 4.90 Å². The monoisotopic (exact) mass is 846 g/mol. The molecule has 0 aromatic heterocycles. The maximum absolute atomic E-state index is 13.8. The van der Waals surface area contributed by atoms with Crippen LogP contribution in [-0.4, -0.2) is 186 Å². The number of piperidine rings is 1. The minimum absolute atomic E-state index is 0. The van der Waals surface area contributed by atoms with Crippen LogP contribution >= 0.6 is 24.0 Å². The Morgan fingerprint density at radius 3 is 1.41 bits per heavy atom. The number of nitrogens with zero attached hydrogens (tertiary/aromatic N) is 4. The van der Waals surface area contributed by atoms with Crippen molar-refractivity contribution in [1.82, 2.24) is 19.6 Å². The molecule has 0 spiro atoms. The van der Waals surface area contributed by atoms with Gasteiger partial charge in [-0.05, 0) is 54.6 Å². The fraction of sp³-hybridized carbons (Fsp3) is 0.410. The Kier molecular flexibility index (Phi) is 22.1. The predicted octanol–water partition coefficient (Wildman–Crippen LogP) is 3.28. The summed E-state index contributed by atoms with van der Waals surface area (Å²) >= 11 is 6.03. The fourth-order valence-electron chi connectivity index (χ4n) is 6.63. The van der Waals surface area contributed by atoms with Gasteiger partial charge >= 0.3 is 61.6 Å². The van der Waals surface area contributed by atoms with Crippen molar-refractivity contribution in [2.75, 3.05) is 73.0 Å². The Hall–Kier alpha value is -3.31. The number of carbonyl (C=O) groups excluding carboxylic acids is 1. The number of hydrogen-bond donors (Lipinski definition) is 5. The first-order chi connectivity index (χ1) is 25.6. The third-order valence-corrected chi connectivity index (χ3v) is 9.59. The normalized spacial score (nSPS) is 13.7. The van der Waals surface area contributed by atoms with Crippen molar-refractivity contribution in [3.8, 4) is 0 Å². The van der Waals surface area contributed by atoms with Gasteiger partial charge in [-0.1, -0.05) is 84.4 Å². The average Bonchev–Trinajstić information content (AvgIpc) is 3.12. The van der Waals surface area contributed by atoms with E-state index < -0.39 is 61.1 Å². The van der Waals surface area contributed by atoms with Crippen LogP contribution in [-0.2, 0) is 35.0 Å². The van der Waals surface area contributed by atoms with E-state index >= 15 is 0 Å². The molecule has 0 aliphatic carbocycles. The van der Waals surface area contributed by atoms with Crippen molar-refractivity contribution in [3.63, 3.8) is 0 Å². The third kappa shape index (κ3) is 15.6. The molecule has 56 heavy (non-hydrogen) atoms. The zero-order valence-electron chi connectivity index (χ0n) is 33.6. The second kappa shape index (κ2) is 24.5. The van der Waals surface area contributed by atoms with Gasteiger partial charge in [0.25, 0.3) is 0 Å². The topological polar surface area (TPSA) is 199 Å². The summed E-state index contributed by atoms with van der Waals surface area (Å²) < 4.78 is 0. The Bertz CT molecular complexity index is 1600. The van der Waals surface area contributed by atoms with Gasteiger partial charge in [0, 0.05) is 45.3 Å². The number of carboxylic acids is 4. The fourth-order valence-corrected chi connectivity index (χ4v) is 6.76. The van der Waals surface area contributed by atoms with Crippen LogP contribution in [0.4, 0.5) is 0 Å². The molecule has 0 saturated carbocycles. The molecule has 14 nitrogen and oxygen atoms in total. The SMILES string of the molecule is CN(C)C(=O)C(CCN1CCC(O)(c2ccc(Cl)cc2)CC1)(c1ccccc1)c1ccccc1.Cl.O=C(O)CN(CCN(CC(=O)O)CC(=O)O)CC(=O)O.[Ca+2].[H-].[H-]. The number of likely N-dealkylation sites (N-methyl/N-ethyl adjacent to an activating group) is 1. The number of benzene rings is 3. The molecule has 304 valence electrons. The van der Waals surface area contributed by atoms with Gasteiger partial charge in [0.15, 0.2) is 0 Å². The molecular formula is C39H52CaCl2N4O10. The molecule has 0 unspecified atom stereocenters. The summed E-state index contributed by atoms with van der Waals surface area (Å²) in [7, 11) is 3.66. The first kappa shape index (κ1) is 50.7. The standard InChI is InChI=1S/C29H33ClN2O2.C10H16N2O8.Ca.ClH.2H/c1-31(2)27(33)29(24-9-5-3-6-10-24,25-11-7-4-8-12-25)19-22-32-20-17-28(34,18-21-32)23-13-15-26(30)16-14-23;13-7(14)3-11(4-8(15)16)1-2-12(5-9(17)18)6-10(19)20;;;;/h3-16,34H,17-22H2,1-2H3;1-6H2,(H,13,14)(H,15,16)(H,17,18)(H,19,20);;1H;;/q;;+2;;2*-1. The number of rotatable bonds is 18. The van der Waals surface area contributed by atoms with Gasteiger partial charge < -0.3 is 38.2 Å². The number of amides is 1. The Balaban J connectivity index is 0.